The van der Waals surface area contributed by atoms with Gasteiger partial charge in [0.05, 0.1) is 19.3 Å². The van der Waals surface area contributed by atoms with Crippen molar-refractivity contribution in [1.82, 2.24) is 0 Å². The van der Waals surface area contributed by atoms with Crippen molar-refractivity contribution in [2.45, 2.75) is 44.9 Å². The maximum Gasteiger partial charge on any atom is 0.175 e. The highest BCUT2D eigenvalue weighted by atomic mass is 16.7. The van der Waals surface area contributed by atoms with Crippen LogP contribution in [0.15, 0.2) is 96.6 Å². The summed E-state index contributed by atoms with van der Waals surface area (Å²) in [6.07, 6.45) is 0.387. The van der Waals surface area contributed by atoms with Crippen molar-refractivity contribution in [2.24, 2.45) is 0 Å². The summed E-state index contributed by atoms with van der Waals surface area (Å²) in [6, 6.07) is 30.4. The average molecular weight is 401 g/mol. The molecule has 3 aromatic carbocycles. The van der Waals surface area contributed by atoms with Crippen LogP contribution < -0.4 is 0 Å². The molecule has 1 aliphatic rings. The van der Waals surface area contributed by atoms with Gasteiger partial charge in [-0.15, -0.1) is 0 Å². The van der Waals surface area contributed by atoms with Crippen LogP contribution in [0, 0.1) is 0 Å². The number of aliphatic hydroxyl groups excluding tert-OH is 1. The van der Waals surface area contributed by atoms with E-state index in [-0.39, 0.29) is 0 Å². The van der Waals surface area contributed by atoms with Crippen LogP contribution >= 0.6 is 0 Å². The van der Waals surface area contributed by atoms with Gasteiger partial charge in [-0.05, 0) is 34.8 Å². The van der Waals surface area contributed by atoms with E-state index in [1.165, 1.54) is 0 Å². The summed E-state index contributed by atoms with van der Waals surface area (Å²) in [7, 11) is 0. The molecular weight excluding hydrogens is 372 g/mol. The Bertz CT molecular complexity index is 921. The van der Waals surface area contributed by atoms with E-state index in [1.807, 2.05) is 78.9 Å². The molecule has 0 heterocycles. The largest absolute Gasteiger partial charge is 0.389 e. The molecule has 1 atom stereocenters. The summed E-state index contributed by atoms with van der Waals surface area (Å²) in [5.74, 6) is -0.851. The summed E-state index contributed by atoms with van der Waals surface area (Å²) < 4.78 is 12.7. The molecule has 0 saturated heterocycles. The Kier molecular flexibility index (Phi) is 6.44. The Labute approximate surface area is 178 Å². The van der Waals surface area contributed by atoms with Gasteiger partial charge in [0, 0.05) is 12.8 Å². The Morgan fingerprint density at radius 3 is 1.77 bits per heavy atom. The van der Waals surface area contributed by atoms with Gasteiger partial charge in [-0.25, -0.2) is 0 Å². The van der Waals surface area contributed by atoms with Gasteiger partial charge < -0.3 is 14.6 Å². The number of benzene rings is 3. The highest BCUT2D eigenvalue weighted by Gasteiger charge is 2.44. The van der Waals surface area contributed by atoms with Crippen molar-refractivity contribution in [2.75, 3.05) is 0 Å². The topological polar surface area (TPSA) is 38.7 Å². The smallest absolute Gasteiger partial charge is 0.175 e. The van der Waals surface area contributed by atoms with Gasteiger partial charge in [0.2, 0.25) is 0 Å². The summed E-state index contributed by atoms with van der Waals surface area (Å²) >= 11 is 0. The van der Waals surface area contributed by atoms with Gasteiger partial charge in [-0.1, -0.05) is 91.0 Å². The van der Waals surface area contributed by atoms with Crippen LogP contribution in [-0.2, 0) is 22.7 Å². The quantitative estimate of drug-likeness (QED) is 0.514. The lowest BCUT2D eigenvalue weighted by Gasteiger charge is -2.29. The van der Waals surface area contributed by atoms with Crippen molar-refractivity contribution in [3.05, 3.63) is 113 Å². The fourth-order valence-corrected chi connectivity index (χ4v) is 3.99. The van der Waals surface area contributed by atoms with Crippen molar-refractivity contribution in [1.29, 1.82) is 0 Å². The van der Waals surface area contributed by atoms with Crippen LogP contribution in [0.2, 0.25) is 0 Å². The fraction of sp³-hybridized carbons (Fsp3) is 0.259. The maximum atomic E-state index is 10.9. The predicted octanol–water partition coefficient (Wildman–Crippen LogP) is 5.74. The molecule has 1 fully saturated rings. The molecule has 0 unspecified atom stereocenters. The first kappa shape index (κ1) is 20.5. The van der Waals surface area contributed by atoms with Crippen LogP contribution in [0.3, 0.4) is 0 Å². The molecule has 3 nitrogen and oxygen atoms in total. The van der Waals surface area contributed by atoms with Crippen LogP contribution in [-0.4, -0.2) is 17.0 Å². The van der Waals surface area contributed by atoms with Gasteiger partial charge in [-0.3, -0.25) is 0 Å². The third-order valence-electron chi connectivity index (χ3n) is 5.74. The highest BCUT2D eigenvalue weighted by molar-refractivity contribution is 5.68. The Hall–Kier alpha value is -2.72. The third kappa shape index (κ3) is 4.88. The zero-order chi connectivity index (χ0) is 20.8. The van der Waals surface area contributed by atoms with Crippen molar-refractivity contribution in [3.8, 4) is 0 Å². The first-order valence-electron chi connectivity index (χ1n) is 10.4. The minimum atomic E-state index is -0.851. The molecule has 154 valence electrons. The molecule has 3 aromatic rings. The van der Waals surface area contributed by atoms with Crippen molar-refractivity contribution >= 4 is 5.57 Å². The highest BCUT2D eigenvalue weighted by Crippen LogP contribution is 2.42. The van der Waals surface area contributed by atoms with Crippen LogP contribution in [0.5, 0.6) is 0 Å². The molecule has 0 bridgehead atoms. The zero-order valence-corrected chi connectivity index (χ0v) is 17.3. The molecule has 0 radical (unpaired) electrons. The van der Waals surface area contributed by atoms with E-state index in [1.54, 1.807) is 0 Å². The number of hydrogen-bond donors (Lipinski definition) is 1. The Balaban J connectivity index is 1.58. The number of aliphatic hydroxyl groups is 1. The zero-order valence-electron chi connectivity index (χ0n) is 17.3. The maximum absolute atomic E-state index is 10.9. The molecule has 4 rings (SSSR count). The molecule has 0 amide bonds. The number of ether oxygens (including phenoxy) is 2. The summed E-state index contributed by atoms with van der Waals surface area (Å²) in [5, 5.41) is 10.9. The summed E-state index contributed by atoms with van der Waals surface area (Å²) in [4.78, 5) is 0. The van der Waals surface area contributed by atoms with Gasteiger partial charge in [0.15, 0.2) is 5.79 Å². The molecule has 1 aliphatic carbocycles. The lowest BCUT2D eigenvalue weighted by molar-refractivity contribution is -0.247. The second kappa shape index (κ2) is 9.40. The molecule has 0 spiro atoms. The van der Waals surface area contributed by atoms with Crippen LogP contribution in [0.25, 0.3) is 5.57 Å². The van der Waals surface area contributed by atoms with Crippen molar-refractivity contribution < 1.29 is 14.6 Å². The first-order chi connectivity index (χ1) is 14.7. The Morgan fingerprint density at radius 1 is 0.800 bits per heavy atom. The second-order valence-electron chi connectivity index (χ2n) is 7.87. The molecular formula is C27H28O3. The predicted molar refractivity (Wildman–Crippen MR) is 119 cm³/mol. The normalized spacial score (nSPS) is 19.6. The van der Waals surface area contributed by atoms with E-state index < -0.39 is 11.9 Å². The van der Waals surface area contributed by atoms with Crippen molar-refractivity contribution in [3.63, 3.8) is 0 Å². The number of hydrogen-bond acceptors (Lipinski definition) is 3. The first-order valence-corrected chi connectivity index (χ1v) is 10.4. The van der Waals surface area contributed by atoms with E-state index in [0.717, 1.165) is 27.8 Å². The monoisotopic (exact) mass is 400 g/mol. The van der Waals surface area contributed by atoms with Crippen LogP contribution in [0.1, 0.15) is 36.5 Å². The number of rotatable bonds is 7. The minimum Gasteiger partial charge on any atom is -0.389 e. The number of allylic oxidation sites excluding steroid dienone is 1. The average Bonchev–Trinajstić information content (AvgIpc) is 3.14. The molecule has 30 heavy (non-hydrogen) atoms. The molecule has 1 saturated carbocycles. The summed E-state index contributed by atoms with van der Waals surface area (Å²) in [6.45, 7) is 2.96. The lowest BCUT2D eigenvalue weighted by Crippen LogP contribution is -2.33. The van der Waals surface area contributed by atoms with E-state index in [0.29, 0.717) is 26.1 Å². The van der Waals surface area contributed by atoms with E-state index >= 15 is 0 Å². The van der Waals surface area contributed by atoms with E-state index in [9.17, 15) is 5.11 Å². The molecule has 3 heteroatoms. The van der Waals surface area contributed by atoms with Crippen LogP contribution in [0.4, 0.5) is 0 Å². The summed E-state index contributed by atoms with van der Waals surface area (Å²) in [5.41, 5.74) is 5.38. The van der Waals surface area contributed by atoms with E-state index in [4.69, 9.17) is 9.47 Å². The molecule has 0 aliphatic heterocycles. The molecule has 1 N–H and O–H groups in total. The van der Waals surface area contributed by atoms with Gasteiger partial charge >= 0.3 is 0 Å². The minimum absolute atomic E-state index is 0.423. The standard InChI is InChI=1S/C27H28O3/c1-21(24-15-9-4-10-16-24)25-17-27(18-26(25)28,29-19-22-11-5-2-6-12-22)30-20-23-13-7-3-8-14-23/h2-16,26,28H,17-20H2,1H3/b25-21-/t26-/m0/s1. The second-order valence-corrected chi connectivity index (χ2v) is 7.87. The van der Waals surface area contributed by atoms with E-state index in [2.05, 4.69) is 19.1 Å². The fourth-order valence-electron chi connectivity index (χ4n) is 3.99. The van der Waals surface area contributed by atoms with Gasteiger partial charge in [0.25, 0.3) is 0 Å². The SMILES string of the molecule is C/C(=C1\CC(OCc2ccccc2)(OCc2ccccc2)C[C@@H]1O)c1ccccc1. The lowest BCUT2D eigenvalue weighted by atomic mass is 9.99. The van der Waals surface area contributed by atoms with Gasteiger partial charge in [0.1, 0.15) is 0 Å². The van der Waals surface area contributed by atoms with Gasteiger partial charge in [-0.2, -0.15) is 0 Å². The molecule has 0 aromatic heterocycles. The Morgan fingerprint density at radius 2 is 1.27 bits per heavy atom. The third-order valence-corrected chi connectivity index (χ3v) is 5.74.